The van der Waals surface area contributed by atoms with Gasteiger partial charge < -0.3 is 15.2 Å². The molecule has 1 aliphatic rings. The molecular weight excluding hydrogens is 270 g/mol. The summed E-state index contributed by atoms with van der Waals surface area (Å²) in [5.74, 6) is -0.652. The first-order valence-corrected chi connectivity index (χ1v) is 7.34. The number of hydrogen-bond acceptors (Lipinski definition) is 3. The number of carbonyl (C=O) groups is 2. The van der Waals surface area contributed by atoms with E-state index in [2.05, 4.69) is 5.32 Å². The Morgan fingerprint density at radius 2 is 1.90 bits per heavy atom. The van der Waals surface area contributed by atoms with Gasteiger partial charge in [0.1, 0.15) is 6.61 Å². The van der Waals surface area contributed by atoms with Crippen molar-refractivity contribution in [2.45, 2.75) is 44.8 Å². The largest absolute Gasteiger partial charge is 0.481 e. The zero-order valence-electron chi connectivity index (χ0n) is 12.0. The fourth-order valence-electron chi connectivity index (χ4n) is 2.80. The Balaban J connectivity index is 1.83. The Morgan fingerprint density at radius 3 is 2.52 bits per heavy atom. The van der Waals surface area contributed by atoms with E-state index in [1.165, 1.54) is 0 Å². The summed E-state index contributed by atoms with van der Waals surface area (Å²) < 4.78 is 5.16. The highest BCUT2D eigenvalue weighted by Crippen LogP contribution is 2.29. The summed E-state index contributed by atoms with van der Waals surface area (Å²) >= 11 is 0. The molecule has 0 aromatic heterocycles. The van der Waals surface area contributed by atoms with Gasteiger partial charge in [-0.05, 0) is 24.3 Å². The van der Waals surface area contributed by atoms with Crippen molar-refractivity contribution >= 4 is 12.1 Å². The van der Waals surface area contributed by atoms with E-state index in [1.54, 1.807) is 0 Å². The van der Waals surface area contributed by atoms with Gasteiger partial charge in [-0.15, -0.1) is 0 Å². The zero-order valence-corrected chi connectivity index (χ0v) is 12.0. The van der Waals surface area contributed by atoms with E-state index in [1.807, 2.05) is 30.3 Å². The fourth-order valence-corrected chi connectivity index (χ4v) is 2.80. The maximum absolute atomic E-state index is 11.8. The van der Waals surface area contributed by atoms with Crippen LogP contribution in [0, 0.1) is 5.92 Å². The van der Waals surface area contributed by atoms with Crippen LogP contribution < -0.4 is 5.32 Å². The van der Waals surface area contributed by atoms with Crippen LogP contribution in [0.25, 0.3) is 0 Å². The smallest absolute Gasteiger partial charge is 0.407 e. The highest BCUT2D eigenvalue weighted by Gasteiger charge is 2.28. The number of rotatable bonds is 6. The molecule has 0 heterocycles. The van der Waals surface area contributed by atoms with Crippen molar-refractivity contribution in [1.29, 1.82) is 0 Å². The predicted octanol–water partition coefficient (Wildman–Crippen LogP) is 2.95. The lowest BCUT2D eigenvalue weighted by Crippen LogP contribution is -2.41. The van der Waals surface area contributed by atoms with E-state index in [9.17, 15) is 9.59 Å². The first-order chi connectivity index (χ1) is 10.1. The second-order valence-corrected chi connectivity index (χ2v) is 5.45. The first kappa shape index (κ1) is 15.4. The summed E-state index contributed by atoms with van der Waals surface area (Å²) in [6, 6.07) is 9.06. The molecule has 5 nitrogen and oxygen atoms in total. The van der Waals surface area contributed by atoms with E-state index in [4.69, 9.17) is 9.84 Å². The molecule has 0 aliphatic heterocycles. The third kappa shape index (κ3) is 5.10. The van der Waals surface area contributed by atoms with Gasteiger partial charge in [0.25, 0.3) is 0 Å². The monoisotopic (exact) mass is 291 g/mol. The number of hydrogen-bond donors (Lipinski definition) is 2. The molecule has 0 radical (unpaired) electrons. The molecular formula is C16H21NO4. The molecule has 114 valence electrons. The van der Waals surface area contributed by atoms with Gasteiger partial charge in [-0.3, -0.25) is 4.79 Å². The number of carbonyl (C=O) groups excluding carboxylic acids is 1. The van der Waals surface area contributed by atoms with Crippen LogP contribution in [0.15, 0.2) is 30.3 Å². The number of carboxylic acids is 1. The molecule has 1 amide bonds. The normalized spacial score (nSPS) is 16.4. The molecule has 1 aromatic rings. The SMILES string of the molecule is O=C(O)CC(NC(=O)OCc1ccccc1)C1CCCC1. The van der Waals surface area contributed by atoms with Gasteiger partial charge >= 0.3 is 12.1 Å². The minimum Gasteiger partial charge on any atom is -0.481 e. The zero-order chi connectivity index (χ0) is 15.1. The lowest BCUT2D eigenvalue weighted by atomic mass is 9.95. The average Bonchev–Trinajstić information content (AvgIpc) is 2.99. The van der Waals surface area contributed by atoms with Crippen molar-refractivity contribution in [3.63, 3.8) is 0 Å². The Kier molecular flexibility index (Phi) is 5.60. The molecule has 2 N–H and O–H groups in total. The van der Waals surface area contributed by atoms with Crippen LogP contribution >= 0.6 is 0 Å². The van der Waals surface area contributed by atoms with E-state index >= 15 is 0 Å². The molecule has 21 heavy (non-hydrogen) atoms. The minimum absolute atomic E-state index is 0.0505. The van der Waals surface area contributed by atoms with Crippen LogP contribution in [0.2, 0.25) is 0 Å². The Hall–Kier alpha value is -2.04. The molecule has 1 unspecified atom stereocenters. The van der Waals surface area contributed by atoms with Crippen molar-refractivity contribution in [2.75, 3.05) is 0 Å². The topological polar surface area (TPSA) is 75.6 Å². The van der Waals surface area contributed by atoms with Gasteiger partial charge in [-0.1, -0.05) is 43.2 Å². The van der Waals surface area contributed by atoms with Crippen molar-refractivity contribution in [2.24, 2.45) is 5.92 Å². The first-order valence-electron chi connectivity index (χ1n) is 7.34. The number of ether oxygens (including phenoxy) is 1. The number of nitrogens with one attached hydrogen (secondary N) is 1. The van der Waals surface area contributed by atoms with Gasteiger partial charge in [0.15, 0.2) is 0 Å². The molecule has 1 saturated carbocycles. The second kappa shape index (κ2) is 7.67. The Bertz CT molecular complexity index is 468. The number of amides is 1. The molecule has 1 aromatic carbocycles. The fraction of sp³-hybridized carbons (Fsp3) is 0.500. The maximum atomic E-state index is 11.8. The minimum atomic E-state index is -0.893. The molecule has 2 rings (SSSR count). The van der Waals surface area contributed by atoms with Crippen LogP contribution in [0.3, 0.4) is 0 Å². The number of alkyl carbamates (subject to hydrolysis) is 1. The van der Waals surface area contributed by atoms with Crippen LogP contribution in [-0.2, 0) is 16.1 Å². The Labute approximate surface area is 124 Å². The van der Waals surface area contributed by atoms with E-state index in [-0.39, 0.29) is 25.0 Å². The van der Waals surface area contributed by atoms with Gasteiger partial charge in [-0.2, -0.15) is 0 Å². The molecule has 1 fully saturated rings. The molecule has 0 spiro atoms. The number of benzene rings is 1. The number of carboxylic acid groups (broad SMARTS) is 1. The van der Waals surface area contributed by atoms with Crippen molar-refractivity contribution < 1.29 is 19.4 Å². The summed E-state index contributed by atoms with van der Waals surface area (Å²) in [6.07, 6.45) is 3.54. The molecule has 1 aliphatic carbocycles. The third-order valence-electron chi connectivity index (χ3n) is 3.88. The quantitative estimate of drug-likeness (QED) is 0.845. The summed E-state index contributed by atoms with van der Waals surface area (Å²) in [4.78, 5) is 22.8. The van der Waals surface area contributed by atoms with Gasteiger partial charge in [0, 0.05) is 6.04 Å². The van der Waals surface area contributed by atoms with Crippen molar-refractivity contribution in [3.8, 4) is 0 Å². The molecule has 5 heteroatoms. The highest BCUT2D eigenvalue weighted by atomic mass is 16.5. The summed E-state index contributed by atoms with van der Waals surface area (Å²) in [6.45, 7) is 0.192. The van der Waals surface area contributed by atoms with Crippen LogP contribution in [-0.4, -0.2) is 23.2 Å². The van der Waals surface area contributed by atoms with Gasteiger partial charge in [0.2, 0.25) is 0 Å². The predicted molar refractivity (Wildman–Crippen MR) is 77.8 cm³/mol. The van der Waals surface area contributed by atoms with Gasteiger partial charge in [-0.25, -0.2) is 4.79 Å². The van der Waals surface area contributed by atoms with E-state index in [0.29, 0.717) is 0 Å². The Morgan fingerprint density at radius 1 is 1.24 bits per heavy atom. The van der Waals surface area contributed by atoms with Crippen LogP contribution in [0.5, 0.6) is 0 Å². The second-order valence-electron chi connectivity index (χ2n) is 5.45. The third-order valence-corrected chi connectivity index (χ3v) is 3.88. The highest BCUT2D eigenvalue weighted by molar-refractivity contribution is 5.71. The van der Waals surface area contributed by atoms with Crippen molar-refractivity contribution in [3.05, 3.63) is 35.9 Å². The lowest BCUT2D eigenvalue weighted by molar-refractivity contribution is -0.137. The van der Waals surface area contributed by atoms with Crippen molar-refractivity contribution in [1.82, 2.24) is 5.32 Å². The maximum Gasteiger partial charge on any atom is 0.407 e. The summed E-state index contributed by atoms with van der Waals surface area (Å²) in [5, 5.41) is 11.7. The molecule has 1 atom stereocenters. The van der Waals surface area contributed by atoms with E-state index in [0.717, 1.165) is 31.2 Å². The average molecular weight is 291 g/mol. The molecule has 0 saturated heterocycles. The van der Waals surface area contributed by atoms with Gasteiger partial charge in [0.05, 0.1) is 6.42 Å². The standard InChI is InChI=1S/C16H21NO4/c18-15(19)10-14(13-8-4-5-9-13)17-16(20)21-11-12-6-2-1-3-7-12/h1-3,6-7,13-14H,4-5,8-11H2,(H,17,20)(H,18,19). The molecule has 0 bridgehead atoms. The summed E-state index contributed by atoms with van der Waals surface area (Å²) in [7, 11) is 0. The number of aliphatic carboxylic acids is 1. The lowest BCUT2D eigenvalue weighted by Gasteiger charge is -2.22. The van der Waals surface area contributed by atoms with Crippen LogP contribution in [0.1, 0.15) is 37.7 Å². The van der Waals surface area contributed by atoms with E-state index < -0.39 is 12.1 Å². The summed E-state index contributed by atoms with van der Waals surface area (Å²) in [5.41, 5.74) is 0.906. The van der Waals surface area contributed by atoms with Crippen LogP contribution in [0.4, 0.5) is 4.79 Å².